The normalized spacial score (nSPS) is 37.0. The third-order valence-corrected chi connectivity index (χ3v) is 2.83. The van der Waals surface area contributed by atoms with Gasteiger partial charge >= 0.3 is 0 Å². The molecule has 0 saturated heterocycles. The van der Waals surface area contributed by atoms with Gasteiger partial charge in [-0.25, -0.2) is 0 Å². The van der Waals surface area contributed by atoms with Crippen LogP contribution < -0.4 is 5.73 Å². The molecule has 2 aliphatic carbocycles. The molecular formula is C10H17N. The van der Waals surface area contributed by atoms with E-state index in [4.69, 9.17) is 5.73 Å². The molecule has 2 rings (SSSR count). The predicted molar refractivity (Wildman–Crippen MR) is 47.3 cm³/mol. The van der Waals surface area contributed by atoms with Crippen LogP contribution in [0.3, 0.4) is 0 Å². The molecule has 2 saturated carbocycles. The van der Waals surface area contributed by atoms with Crippen molar-refractivity contribution in [2.75, 3.05) is 0 Å². The zero-order chi connectivity index (χ0) is 7.68. The average Bonchev–Trinajstić information content (AvgIpc) is 2.78. The smallest absolute Gasteiger partial charge is 0.00392 e. The second kappa shape index (κ2) is 2.98. The highest BCUT2D eigenvalue weighted by molar-refractivity contribution is 5.17. The molecule has 0 unspecified atom stereocenters. The molecule has 0 aromatic heterocycles. The number of hydrogen-bond donors (Lipinski definition) is 1. The molecule has 11 heavy (non-hydrogen) atoms. The Kier molecular flexibility index (Phi) is 1.99. The molecule has 0 spiro atoms. The lowest BCUT2D eigenvalue weighted by Crippen LogP contribution is -2.25. The van der Waals surface area contributed by atoms with E-state index in [-0.39, 0.29) is 0 Å². The van der Waals surface area contributed by atoms with Crippen molar-refractivity contribution in [1.82, 2.24) is 0 Å². The Morgan fingerprint density at radius 2 is 1.73 bits per heavy atom. The highest BCUT2D eigenvalue weighted by atomic mass is 14.6. The molecule has 0 atom stereocenters. The zero-order valence-electron chi connectivity index (χ0n) is 7.05. The van der Waals surface area contributed by atoms with Gasteiger partial charge in [-0.1, -0.05) is 11.6 Å². The van der Waals surface area contributed by atoms with E-state index in [1.165, 1.54) is 38.5 Å². The fraction of sp³-hybridized carbons (Fsp3) is 0.800. The van der Waals surface area contributed by atoms with Crippen molar-refractivity contribution in [1.29, 1.82) is 0 Å². The summed E-state index contributed by atoms with van der Waals surface area (Å²) in [5, 5.41) is 0. The highest BCUT2D eigenvalue weighted by Crippen LogP contribution is 2.33. The lowest BCUT2D eigenvalue weighted by atomic mass is 9.86. The van der Waals surface area contributed by atoms with Gasteiger partial charge in [-0.15, -0.1) is 0 Å². The summed E-state index contributed by atoms with van der Waals surface area (Å²) in [6.07, 6.45) is 10.4. The van der Waals surface area contributed by atoms with Gasteiger partial charge in [0.2, 0.25) is 0 Å². The topological polar surface area (TPSA) is 26.0 Å². The van der Waals surface area contributed by atoms with E-state index in [9.17, 15) is 0 Å². The summed E-state index contributed by atoms with van der Waals surface area (Å²) in [7, 11) is 0. The van der Waals surface area contributed by atoms with E-state index in [1.54, 1.807) is 5.57 Å². The lowest BCUT2D eigenvalue weighted by Gasteiger charge is -2.23. The first-order valence-corrected chi connectivity index (χ1v) is 4.80. The third-order valence-electron chi connectivity index (χ3n) is 2.83. The lowest BCUT2D eigenvalue weighted by molar-refractivity contribution is 0.375. The molecule has 0 bridgehead atoms. The summed E-state index contributed by atoms with van der Waals surface area (Å²) < 4.78 is 0. The number of rotatable bonds is 1. The van der Waals surface area contributed by atoms with Crippen LogP contribution in [-0.4, -0.2) is 6.04 Å². The maximum atomic E-state index is 5.82. The Morgan fingerprint density at radius 3 is 2.27 bits per heavy atom. The first kappa shape index (κ1) is 7.35. The van der Waals surface area contributed by atoms with Crippen LogP contribution in [0.1, 0.15) is 38.5 Å². The number of nitrogens with two attached hydrogens (primary N) is 1. The standard InChI is InChI=1S/C10H17N/c11-10-5-3-9(4-6-10)7-8-1-2-8/h7,9-10H,1-6,11H2. The van der Waals surface area contributed by atoms with Crippen LogP contribution >= 0.6 is 0 Å². The van der Waals surface area contributed by atoms with Gasteiger partial charge in [0.15, 0.2) is 0 Å². The molecule has 1 nitrogen and oxygen atoms in total. The fourth-order valence-electron chi connectivity index (χ4n) is 1.88. The molecule has 0 aromatic carbocycles. The van der Waals surface area contributed by atoms with Crippen molar-refractivity contribution in [3.63, 3.8) is 0 Å². The van der Waals surface area contributed by atoms with Crippen molar-refractivity contribution in [2.45, 2.75) is 44.6 Å². The largest absolute Gasteiger partial charge is 0.328 e. The van der Waals surface area contributed by atoms with E-state index in [0.29, 0.717) is 6.04 Å². The van der Waals surface area contributed by atoms with Gasteiger partial charge in [-0.3, -0.25) is 0 Å². The summed E-state index contributed by atoms with van der Waals surface area (Å²) in [5.74, 6) is 0.882. The van der Waals surface area contributed by atoms with Crippen LogP contribution in [0.2, 0.25) is 0 Å². The monoisotopic (exact) mass is 151 g/mol. The second-order valence-electron chi connectivity index (χ2n) is 4.00. The Balaban J connectivity index is 1.82. The van der Waals surface area contributed by atoms with Gasteiger partial charge < -0.3 is 5.73 Å². The minimum atomic E-state index is 0.504. The highest BCUT2D eigenvalue weighted by Gasteiger charge is 2.19. The van der Waals surface area contributed by atoms with Gasteiger partial charge in [-0.05, 0) is 44.4 Å². The molecule has 0 heterocycles. The zero-order valence-corrected chi connectivity index (χ0v) is 7.05. The molecule has 2 fully saturated rings. The summed E-state index contributed by atoms with van der Waals surface area (Å²) in [6.45, 7) is 0. The van der Waals surface area contributed by atoms with Gasteiger partial charge in [0, 0.05) is 6.04 Å². The SMILES string of the molecule is NC1CCC(C=C2CC2)CC1. The van der Waals surface area contributed by atoms with Crippen LogP contribution in [0.25, 0.3) is 0 Å². The quantitative estimate of drug-likeness (QED) is 0.571. The summed E-state index contributed by atoms with van der Waals surface area (Å²) in [6, 6.07) is 0.504. The van der Waals surface area contributed by atoms with Gasteiger partial charge in [0.1, 0.15) is 0 Å². The van der Waals surface area contributed by atoms with E-state index in [1.807, 2.05) is 0 Å². The molecular weight excluding hydrogens is 134 g/mol. The van der Waals surface area contributed by atoms with E-state index in [2.05, 4.69) is 6.08 Å². The molecule has 2 aliphatic rings. The summed E-state index contributed by atoms with van der Waals surface area (Å²) in [4.78, 5) is 0. The second-order valence-corrected chi connectivity index (χ2v) is 4.00. The minimum absolute atomic E-state index is 0.504. The molecule has 0 aliphatic heterocycles. The van der Waals surface area contributed by atoms with Crippen LogP contribution in [0.15, 0.2) is 11.6 Å². The third kappa shape index (κ3) is 2.06. The molecule has 1 heteroatoms. The molecule has 0 amide bonds. The predicted octanol–water partition coefficient (Wildman–Crippen LogP) is 2.22. The average molecular weight is 151 g/mol. The van der Waals surface area contributed by atoms with Crippen LogP contribution in [0, 0.1) is 5.92 Å². The number of allylic oxidation sites excluding steroid dienone is 2. The van der Waals surface area contributed by atoms with Crippen LogP contribution in [0.4, 0.5) is 0 Å². The Labute approximate surface area is 68.7 Å². The van der Waals surface area contributed by atoms with E-state index < -0.39 is 0 Å². The minimum Gasteiger partial charge on any atom is -0.328 e. The van der Waals surface area contributed by atoms with Crippen LogP contribution in [-0.2, 0) is 0 Å². The molecule has 2 N–H and O–H groups in total. The van der Waals surface area contributed by atoms with Gasteiger partial charge in [0.25, 0.3) is 0 Å². The van der Waals surface area contributed by atoms with Crippen molar-refractivity contribution < 1.29 is 0 Å². The first-order valence-electron chi connectivity index (χ1n) is 4.80. The van der Waals surface area contributed by atoms with Crippen LogP contribution in [0.5, 0.6) is 0 Å². The van der Waals surface area contributed by atoms with E-state index in [0.717, 1.165) is 5.92 Å². The summed E-state index contributed by atoms with van der Waals surface area (Å²) in [5.41, 5.74) is 7.52. The fourth-order valence-corrected chi connectivity index (χ4v) is 1.88. The number of hydrogen-bond acceptors (Lipinski definition) is 1. The maximum Gasteiger partial charge on any atom is 0.00392 e. The Hall–Kier alpha value is -0.300. The van der Waals surface area contributed by atoms with Crippen molar-refractivity contribution in [2.24, 2.45) is 11.7 Å². The Morgan fingerprint density at radius 1 is 1.09 bits per heavy atom. The van der Waals surface area contributed by atoms with Crippen molar-refractivity contribution in [3.8, 4) is 0 Å². The summed E-state index contributed by atoms with van der Waals surface area (Å²) >= 11 is 0. The van der Waals surface area contributed by atoms with Gasteiger partial charge in [0.05, 0.1) is 0 Å². The van der Waals surface area contributed by atoms with Crippen molar-refractivity contribution >= 4 is 0 Å². The van der Waals surface area contributed by atoms with Crippen molar-refractivity contribution in [3.05, 3.63) is 11.6 Å². The Bertz CT molecular complexity index is 158. The van der Waals surface area contributed by atoms with Gasteiger partial charge in [-0.2, -0.15) is 0 Å². The molecule has 0 radical (unpaired) electrons. The first-order chi connectivity index (χ1) is 5.34. The molecule has 0 aromatic rings. The molecule has 62 valence electrons. The maximum absolute atomic E-state index is 5.82. The van der Waals surface area contributed by atoms with E-state index >= 15 is 0 Å².